The van der Waals surface area contributed by atoms with E-state index in [9.17, 15) is 4.79 Å². The van der Waals surface area contributed by atoms with Crippen molar-refractivity contribution in [2.24, 2.45) is 0 Å². The Morgan fingerprint density at radius 2 is 1.89 bits per heavy atom. The molecule has 7 heteroatoms. The molecule has 98 valence electrons. The van der Waals surface area contributed by atoms with Gasteiger partial charge in [0.2, 0.25) is 0 Å². The Hall–Kier alpha value is -1.36. The summed E-state index contributed by atoms with van der Waals surface area (Å²) in [6.45, 7) is 1.89. The first-order valence-corrected chi connectivity index (χ1v) is 6.37. The summed E-state index contributed by atoms with van der Waals surface area (Å²) in [7, 11) is 0. The van der Waals surface area contributed by atoms with Gasteiger partial charge in [-0.1, -0.05) is 40.9 Å². The lowest BCUT2D eigenvalue weighted by atomic mass is 10.2. The van der Waals surface area contributed by atoms with Gasteiger partial charge >= 0.3 is 0 Å². The lowest BCUT2D eigenvalue weighted by Gasteiger charge is -2.08. The van der Waals surface area contributed by atoms with Gasteiger partial charge in [0.1, 0.15) is 0 Å². The predicted molar refractivity (Wildman–Crippen MR) is 76.2 cm³/mol. The SMILES string of the molecule is Cc1ccc(Cl)c(NC(=O)c2cc(Cl)nnc2Cl)c1. The number of aryl methyl sites for hydroxylation is 1. The summed E-state index contributed by atoms with van der Waals surface area (Å²) in [6.07, 6.45) is 0. The van der Waals surface area contributed by atoms with Gasteiger partial charge in [-0.05, 0) is 30.7 Å². The van der Waals surface area contributed by atoms with Gasteiger partial charge < -0.3 is 5.32 Å². The van der Waals surface area contributed by atoms with Crippen molar-refractivity contribution >= 4 is 46.4 Å². The number of nitrogens with one attached hydrogen (secondary N) is 1. The fourth-order valence-electron chi connectivity index (χ4n) is 1.44. The highest BCUT2D eigenvalue weighted by Crippen LogP contribution is 2.24. The molecule has 1 aromatic heterocycles. The molecule has 1 amide bonds. The van der Waals surface area contributed by atoms with Gasteiger partial charge in [0.25, 0.3) is 5.91 Å². The Morgan fingerprint density at radius 3 is 2.63 bits per heavy atom. The normalized spacial score (nSPS) is 10.3. The number of benzene rings is 1. The molecule has 0 unspecified atom stereocenters. The van der Waals surface area contributed by atoms with Crippen molar-refractivity contribution in [1.29, 1.82) is 0 Å². The molecule has 0 radical (unpaired) electrons. The molecule has 1 aromatic carbocycles. The minimum absolute atomic E-state index is 0.0225. The molecule has 0 saturated heterocycles. The molecule has 19 heavy (non-hydrogen) atoms. The molecule has 4 nitrogen and oxygen atoms in total. The first-order valence-electron chi connectivity index (χ1n) is 5.23. The van der Waals surface area contributed by atoms with Crippen LogP contribution in [0.2, 0.25) is 15.3 Å². The average molecular weight is 317 g/mol. The molecular formula is C12H8Cl3N3O. The van der Waals surface area contributed by atoms with Crippen molar-refractivity contribution in [2.75, 3.05) is 5.32 Å². The molecule has 0 aliphatic rings. The molecule has 0 saturated carbocycles. The van der Waals surface area contributed by atoms with Crippen LogP contribution in [-0.4, -0.2) is 16.1 Å². The van der Waals surface area contributed by atoms with Crippen LogP contribution in [0.5, 0.6) is 0 Å². The summed E-state index contributed by atoms with van der Waals surface area (Å²) in [5, 5.41) is 10.3. The maximum Gasteiger partial charge on any atom is 0.259 e. The van der Waals surface area contributed by atoms with E-state index in [0.717, 1.165) is 5.56 Å². The average Bonchev–Trinajstić information content (AvgIpc) is 2.36. The number of aromatic nitrogens is 2. The van der Waals surface area contributed by atoms with Crippen LogP contribution in [0.15, 0.2) is 24.3 Å². The number of hydrogen-bond donors (Lipinski definition) is 1. The molecule has 0 aliphatic heterocycles. The summed E-state index contributed by atoms with van der Waals surface area (Å²) in [6, 6.07) is 6.64. The van der Waals surface area contributed by atoms with Crippen LogP contribution in [0.4, 0.5) is 5.69 Å². The highest BCUT2D eigenvalue weighted by Gasteiger charge is 2.14. The minimum atomic E-state index is -0.450. The molecule has 2 rings (SSSR count). The minimum Gasteiger partial charge on any atom is -0.321 e. The summed E-state index contributed by atoms with van der Waals surface area (Å²) in [5.74, 6) is -0.450. The van der Waals surface area contributed by atoms with Gasteiger partial charge in [0.15, 0.2) is 10.3 Å². The zero-order valence-corrected chi connectivity index (χ0v) is 12.0. The summed E-state index contributed by atoms with van der Waals surface area (Å²) in [4.78, 5) is 12.1. The Balaban J connectivity index is 2.30. The number of carbonyl (C=O) groups is 1. The number of anilines is 1. The van der Waals surface area contributed by atoms with Gasteiger partial charge in [0, 0.05) is 0 Å². The summed E-state index contributed by atoms with van der Waals surface area (Å²) < 4.78 is 0. The van der Waals surface area contributed by atoms with Gasteiger partial charge in [0.05, 0.1) is 16.3 Å². The molecular weight excluding hydrogens is 309 g/mol. The van der Waals surface area contributed by atoms with E-state index < -0.39 is 5.91 Å². The second-order valence-corrected chi connectivity index (χ2v) is 4.96. The van der Waals surface area contributed by atoms with Crippen molar-refractivity contribution in [2.45, 2.75) is 6.92 Å². The monoisotopic (exact) mass is 315 g/mol. The van der Waals surface area contributed by atoms with Crippen LogP contribution in [0.3, 0.4) is 0 Å². The fourth-order valence-corrected chi connectivity index (χ4v) is 1.93. The van der Waals surface area contributed by atoms with Crippen molar-refractivity contribution in [1.82, 2.24) is 10.2 Å². The number of rotatable bonds is 2. The van der Waals surface area contributed by atoms with Crippen LogP contribution >= 0.6 is 34.8 Å². The van der Waals surface area contributed by atoms with Gasteiger partial charge in [-0.25, -0.2) is 0 Å². The van der Waals surface area contributed by atoms with Crippen LogP contribution in [0.1, 0.15) is 15.9 Å². The van der Waals surface area contributed by atoms with E-state index in [4.69, 9.17) is 34.8 Å². The fraction of sp³-hybridized carbons (Fsp3) is 0.0833. The number of amides is 1. The Kier molecular flexibility index (Phi) is 4.24. The van der Waals surface area contributed by atoms with E-state index in [2.05, 4.69) is 15.5 Å². The van der Waals surface area contributed by atoms with E-state index in [0.29, 0.717) is 10.7 Å². The molecule has 0 fully saturated rings. The largest absolute Gasteiger partial charge is 0.321 e. The predicted octanol–water partition coefficient (Wildman–Crippen LogP) is 4.00. The third-order valence-electron chi connectivity index (χ3n) is 2.33. The van der Waals surface area contributed by atoms with Crippen molar-refractivity contribution in [3.8, 4) is 0 Å². The maximum absolute atomic E-state index is 12.1. The van der Waals surface area contributed by atoms with Crippen LogP contribution < -0.4 is 5.32 Å². The highest BCUT2D eigenvalue weighted by molar-refractivity contribution is 6.36. The molecule has 2 aromatic rings. The number of halogens is 3. The highest BCUT2D eigenvalue weighted by atomic mass is 35.5. The smallest absolute Gasteiger partial charge is 0.259 e. The van der Waals surface area contributed by atoms with E-state index in [1.807, 2.05) is 13.0 Å². The second-order valence-electron chi connectivity index (χ2n) is 3.81. The van der Waals surface area contributed by atoms with E-state index in [1.54, 1.807) is 12.1 Å². The zero-order chi connectivity index (χ0) is 14.0. The van der Waals surface area contributed by atoms with Crippen molar-refractivity contribution in [3.63, 3.8) is 0 Å². The quantitative estimate of drug-likeness (QED) is 0.911. The van der Waals surface area contributed by atoms with Crippen LogP contribution in [0.25, 0.3) is 0 Å². The molecule has 0 spiro atoms. The molecule has 1 heterocycles. The summed E-state index contributed by atoms with van der Waals surface area (Å²) in [5.41, 5.74) is 1.60. The standard InChI is InChI=1S/C12H8Cl3N3O/c1-6-2-3-8(13)9(4-6)16-12(19)7-5-10(14)17-18-11(7)15/h2-5H,1H3,(H,16,19). The number of carbonyl (C=O) groups excluding carboxylic acids is 1. The Morgan fingerprint density at radius 1 is 1.16 bits per heavy atom. The summed E-state index contributed by atoms with van der Waals surface area (Å²) >= 11 is 17.5. The van der Waals surface area contributed by atoms with E-state index >= 15 is 0 Å². The van der Waals surface area contributed by atoms with Gasteiger partial charge in [-0.15, -0.1) is 10.2 Å². The van der Waals surface area contributed by atoms with Crippen molar-refractivity contribution < 1.29 is 4.79 Å². The van der Waals surface area contributed by atoms with E-state index in [1.165, 1.54) is 6.07 Å². The maximum atomic E-state index is 12.1. The van der Waals surface area contributed by atoms with Gasteiger partial charge in [-0.2, -0.15) is 0 Å². The second kappa shape index (κ2) is 5.74. The number of nitrogens with zero attached hydrogens (tertiary/aromatic N) is 2. The first kappa shape index (κ1) is 14.1. The molecule has 1 N–H and O–H groups in total. The van der Waals surface area contributed by atoms with Gasteiger partial charge in [-0.3, -0.25) is 4.79 Å². The third-order valence-corrected chi connectivity index (χ3v) is 3.13. The van der Waals surface area contributed by atoms with E-state index in [-0.39, 0.29) is 15.9 Å². The Bertz CT molecular complexity index is 646. The van der Waals surface area contributed by atoms with Crippen LogP contribution in [0, 0.1) is 6.92 Å². The van der Waals surface area contributed by atoms with Crippen molar-refractivity contribution in [3.05, 3.63) is 50.7 Å². The lowest BCUT2D eigenvalue weighted by Crippen LogP contribution is -2.14. The molecule has 0 atom stereocenters. The molecule has 0 bridgehead atoms. The topological polar surface area (TPSA) is 54.9 Å². The van der Waals surface area contributed by atoms with Crippen LogP contribution in [-0.2, 0) is 0 Å². The Labute approximate surface area is 124 Å². The molecule has 0 aliphatic carbocycles. The third kappa shape index (κ3) is 3.35. The lowest BCUT2D eigenvalue weighted by molar-refractivity contribution is 0.102. The number of hydrogen-bond acceptors (Lipinski definition) is 3. The first-order chi connectivity index (χ1) is 8.97. The zero-order valence-electron chi connectivity index (χ0n) is 9.75.